The van der Waals surface area contributed by atoms with Crippen molar-refractivity contribution >= 4 is 5.91 Å². The van der Waals surface area contributed by atoms with Gasteiger partial charge in [0.15, 0.2) is 0 Å². The van der Waals surface area contributed by atoms with Gasteiger partial charge in [-0.1, -0.05) is 18.8 Å². The van der Waals surface area contributed by atoms with Crippen molar-refractivity contribution in [2.45, 2.75) is 39.7 Å². The average molecular weight is 274 g/mol. The van der Waals surface area contributed by atoms with Gasteiger partial charge in [0.05, 0.1) is 12.2 Å². The fraction of sp³-hybridized carbons (Fsp3) is 0.500. The summed E-state index contributed by atoms with van der Waals surface area (Å²) in [4.78, 5) is 18.6. The van der Waals surface area contributed by atoms with Gasteiger partial charge >= 0.3 is 0 Å². The number of aliphatic hydroxyl groups excluding tert-OH is 1. The molecule has 1 atom stereocenters. The van der Waals surface area contributed by atoms with Crippen LogP contribution in [0.15, 0.2) is 18.3 Å². The summed E-state index contributed by atoms with van der Waals surface area (Å²) < 4.78 is 0. The number of hydrogen-bond acceptors (Lipinski definition) is 3. The summed E-state index contributed by atoms with van der Waals surface area (Å²) in [6, 6.07) is 3.72. The summed E-state index contributed by atoms with van der Waals surface area (Å²) in [5.74, 6) is 5.66. The average Bonchev–Trinajstić information content (AvgIpc) is 2.48. The van der Waals surface area contributed by atoms with E-state index in [2.05, 4.69) is 23.7 Å². The van der Waals surface area contributed by atoms with Crippen LogP contribution in [0.3, 0.4) is 0 Å². The van der Waals surface area contributed by atoms with E-state index in [-0.39, 0.29) is 18.6 Å². The van der Waals surface area contributed by atoms with E-state index in [0.717, 1.165) is 6.42 Å². The molecule has 1 N–H and O–H groups in total. The van der Waals surface area contributed by atoms with Crippen LogP contribution in [-0.2, 0) is 0 Å². The molecule has 0 fully saturated rings. The van der Waals surface area contributed by atoms with Gasteiger partial charge in [0.2, 0.25) is 0 Å². The smallest absolute Gasteiger partial charge is 0.273 e. The number of nitrogens with zero attached hydrogens (tertiary/aromatic N) is 2. The topological polar surface area (TPSA) is 53.4 Å². The highest BCUT2D eigenvalue weighted by molar-refractivity contribution is 5.95. The highest BCUT2D eigenvalue weighted by atomic mass is 16.2. The molecule has 4 nitrogen and oxygen atoms in total. The molecule has 1 unspecified atom stereocenters. The van der Waals surface area contributed by atoms with Gasteiger partial charge in [0.25, 0.3) is 5.91 Å². The molecule has 0 saturated carbocycles. The Morgan fingerprint density at radius 2 is 2.25 bits per heavy atom. The van der Waals surface area contributed by atoms with Crippen molar-refractivity contribution in [3.05, 3.63) is 29.6 Å². The van der Waals surface area contributed by atoms with E-state index >= 15 is 0 Å². The van der Waals surface area contributed by atoms with Crippen LogP contribution in [0.4, 0.5) is 0 Å². The Labute approximate surface area is 120 Å². The van der Waals surface area contributed by atoms with Crippen molar-refractivity contribution in [3.8, 4) is 11.8 Å². The van der Waals surface area contributed by atoms with Crippen molar-refractivity contribution in [2.75, 3.05) is 13.2 Å². The predicted octanol–water partition coefficient (Wildman–Crippen LogP) is 2.08. The van der Waals surface area contributed by atoms with Gasteiger partial charge in [-0.3, -0.25) is 4.79 Å². The van der Waals surface area contributed by atoms with Crippen molar-refractivity contribution in [2.24, 2.45) is 0 Å². The molecule has 1 rings (SSSR count). The minimum absolute atomic E-state index is 0.0183. The van der Waals surface area contributed by atoms with E-state index in [1.54, 1.807) is 23.2 Å². The predicted molar refractivity (Wildman–Crippen MR) is 79.3 cm³/mol. The number of rotatable bonds is 5. The van der Waals surface area contributed by atoms with Crippen LogP contribution in [0.2, 0.25) is 0 Å². The molecule has 20 heavy (non-hydrogen) atoms. The van der Waals surface area contributed by atoms with Crippen molar-refractivity contribution in [3.63, 3.8) is 0 Å². The van der Waals surface area contributed by atoms with Crippen LogP contribution >= 0.6 is 0 Å². The Bertz CT molecular complexity index is 503. The van der Waals surface area contributed by atoms with Crippen LogP contribution < -0.4 is 0 Å². The molecule has 1 aromatic rings. The Balaban J connectivity index is 3.07. The maximum absolute atomic E-state index is 12.6. The number of hydrogen-bond donors (Lipinski definition) is 1. The third-order valence-corrected chi connectivity index (χ3v) is 3.19. The lowest BCUT2D eigenvalue weighted by Crippen LogP contribution is -2.38. The fourth-order valence-corrected chi connectivity index (χ4v) is 1.90. The van der Waals surface area contributed by atoms with Gasteiger partial charge < -0.3 is 10.0 Å². The Morgan fingerprint density at radius 1 is 1.50 bits per heavy atom. The molecule has 4 heteroatoms. The monoisotopic (exact) mass is 274 g/mol. The molecular formula is C16H22N2O2. The first-order chi connectivity index (χ1) is 9.65. The van der Waals surface area contributed by atoms with Gasteiger partial charge in [-0.05, 0) is 32.4 Å². The number of aromatic nitrogens is 1. The first kappa shape index (κ1) is 16.2. The van der Waals surface area contributed by atoms with Gasteiger partial charge in [-0.15, -0.1) is 0 Å². The number of pyridine rings is 1. The highest BCUT2D eigenvalue weighted by Gasteiger charge is 2.21. The molecule has 0 radical (unpaired) electrons. The zero-order chi connectivity index (χ0) is 15.0. The Morgan fingerprint density at radius 3 is 2.85 bits per heavy atom. The van der Waals surface area contributed by atoms with E-state index in [4.69, 9.17) is 5.11 Å². The maximum atomic E-state index is 12.6. The normalized spacial score (nSPS) is 11.4. The summed E-state index contributed by atoms with van der Waals surface area (Å²) >= 11 is 0. The minimum atomic E-state index is -0.0873. The van der Waals surface area contributed by atoms with E-state index < -0.39 is 0 Å². The van der Waals surface area contributed by atoms with E-state index in [1.807, 2.05) is 13.8 Å². The van der Waals surface area contributed by atoms with Crippen LogP contribution in [0, 0.1) is 11.8 Å². The van der Waals surface area contributed by atoms with Crippen molar-refractivity contribution < 1.29 is 9.90 Å². The molecule has 0 aromatic carbocycles. The summed E-state index contributed by atoms with van der Waals surface area (Å²) in [6.45, 7) is 6.71. The molecule has 0 spiro atoms. The Kier molecular flexibility index (Phi) is 6.75. The number of aliphatic hydroxyl groups is 1. The first-order valence-corrected chi connectivity index (χ1v) is 7.01. The molecule has 0 aliphatic rings. The third kappa shape index (κ3) is 4.07. The molecule has 1 aromatic heterocycles. The second-order valence-electron chi connectivity index (χ2n) is 4.52. The molecule has 0 bridgehead atoms. The second-order valence-corrected chi connectivity index (χ2v) is 4.52. The lowest BCUT2D eigenvalue weighted by atomic mass is 10.1. The molecule has 1 heterocycles. The van der Waals surface area contributed by atoms with Crippen LogP contribution in [-0.4, -0.2) is 40.1 Å². The molecule has 108 valence electrons. The maximum Gasteiger partial charge on any atom is 0.273 e. The quantitative estimate of drug-likeness (QED) is 0.836. The number of amides is 1. The summed E-state index contributed by atoms with van der Waals surface area (Å²) in [6.07, 6.45) is 2.90. The molecule has 0 saturated heterocycles. The molecule has 1 amide bonds. The zero-order valence-electron chi connectivity index (χ0n) is 12.4. The fourth-order valence-electron chi connectivity index (χ4n) is 1.90. The number of carbonyl (C=O) groups is 1. The molecule has 0 aliphatic heterocycles. The van der Waals surface area contributed by atoms with Crippen molar-refractivity contribution in [1.29, 1.82) is 0 Å². The first-order valence-electron chi connectivity index (χ1n) is 7.01. The Hall–Kier alpha value is -1.86. The van der Waals surface area contributed by atoms with E-state index in [1.165, 1.54) is 0 Å². The van der Waals surface area contributed by atoms with E-state index in [0.29, 0.717) is 24.2 Å². The van der Waals surface area contributed by atoms with Gasteiger partial charge in [0, 0.05) is 25.2 Å². The van der Waals surface area contributed by atoms with Crippen LogP contribution in [0.25, 0.3) is 0 Å². The van der Waals surface area contributed by atoms with Gasteiger partial charge in [-0.2, -0.15) is 0 Å². The third-order valence-electron chi connectivity index (χ3n) is 3.19. The second kappa shape index (κ2) is 8.34. The number of carbonyl (C=O) groups excluding carboxylic acids is 1. The largest absolute Gasteiger partial charge is 0.395 e. The lowest BCUT2D eigenvalue weighted by Gasteiger charge is -2.27. The van der Waals surface area contributed by atoms with E-state index in [9.17, 15) is 4.79 Å². The van der Waals surface area contributed by atoms with Crippen LogP contribution in [0.5, 0.6) is 0 Å². The summed E-state index contributed by atoms with van der Waals surface area (Å²) in [5, 5.41) is 8.76. The summed E-state index contributed by atoms with van der Waals surface area (Å²) in [5.41, 5.74) is 1.01. The SMILES string of the molecule is CCC(C)N(CC)C(=O)c1ncccc1C#CCCO. The molecular weight excluding hydrogens is 252 g/mol. The standard InChI is InChI=1S/C16H22N2O2/c1-4-13(3)18(5-2)16(20)15-14(9-6-7-12-19)10-8-11-17-15/h8,10-11,13,19H,4-5,7,12H2,1-3H3. The van der Waals surface area contributed by atoms with Crippen LogP contribution in [0.1, 0.15) is 49.7 Å². The summed E-state index contributed by atoms with van der Waals surface area (Å²) in [7, 11) is 0. The highest BCUT2D eigenvalue weighted by Crippen LogP contribution is 2.12. The molecule has 0 aliphatic carbocycles. The van der Waals surface area contributed by atoms with Crippen molar-refractivity contribution in [1.82, 2.24) is 9.88 Å². The minimum Gasteiger partial charge on any atom is -0.395 e. The lowest BCUT2D eigenvalue weighted by molar-refractivity contribution is 0.0693. The van der Waals surface area contributed by atoms with Gasteiger partial charge in [0.1, 0.15) is 5.69 Å². The zero-order valence-corrected chi connectivity index (χ0v) is 12.4. The van der Waals surface area contributed by atoms with Gasteiger partial charge in [-0.25, -0.2) is 4.98 Å².